The van der Waals surface area contributed by atoms with Crippen LogP contribution in [-0.2, 0) is 9.53 Å². The number of halogens is 1. The molecule has 0 aromatic heterocycles. The van der Waals surface area contributed by atoms with E-state index in [1.165, 1.54) is 19.2 Å². The van der Waals surface area contributed by atoms with Crippen molar-refractivity contribution in [1.29, 1.82) is 5.26 Å². The van der Waals surface area contributed by atoms with Gasteiger partial charge in [0.25, 0.3) is 0 Å². The first-order valence-corrected chi connectivity index (χ1v) is 5.09. The van der Waals surface area contributed by atoms with Crippen LogP contribution in [0.5, 0.6) is 0 Å². The number of hydrogen-bond acceptors (Lipinski definition) is 4. The van der Waals surface area contributed by atoms with E-state index in [1.54, 1.807) is 6.92 Å². The van der Waals surface area contributed by atoms with Gasteiger partial charge < -0.3 is 10.1 Å². The fourth-order valence-corrected chi connectivity index (χ4v) is 1.38. The molecule has 1 N–H and O–H groups in total. The van der Waals surface area contributed by atoms with Gasteiger partial charge in [-0.05, 0) is 25.1 Å². The first-order chi connectivity index (χ1) is 8.06. The van der Waals surface area contributed by atoms with Crippen LogP contribution in [0.15, 0.2) is 18.2 Å². The molecule has 0 heterocycles. The zero-order valence-electron chi connectivity index (χ0n) is 9.66. The summed E-state index contributed by atoms with van der Waals surface area (Å²) in [5, 5.41) is 11.8. The predicted octanol–water partition coefficient (Wildman–Crippen LogP) is 2.06. The molecule has 1 unspecified atom stereocenters. The highest BCUT2D eigenvalue weighted by atomic mass is 19.1. The van der Waals surface area contributed by atoms with Gasteiger partial charge in [0.1, 0.15) is 11.9 Å². The van der Waals surface area contributed by atoms with Gasteiger partial charge in [0.15, 0.2) is 0 Å². The van der Waals surface area contributed by atoms with E-state index >= 15 is 0 Å². The van der Waals surface area contributed by atoms with Gasteiger partial charge >= 0.3 is 5.97 Å². The predicted molar refractivity (Wildman–Crippen MR) is 60.8 cm³/mol. The quantitative estimate of drug-likeness (QED) is 0.813. The van der Waals surface area contributed by atoms with Crippen molar-refractivity contribution in [3.05, 3.63) is 29.6 Å². The Bertz CT molecular complexity index is 454. The number of methoxy groups -OCH3 is 1. The largest absolute Gasteiger partial charge is 0.469 e. The third kappa shape index (κ3) is 3.76. The topological polar surface area (TPSA) is 62.1 Å². The molecule has 0 spiro atoms. The smallest absolute Gasteiger partial charge is 0.307 e. The minimum Gasteiger partial charge on any atom is -0.469 e. The van der Waals surface area contributed by atoms with Crippen molar-refractivity contribution in [2.45, 2.75) is 19.4 Å². The summed E-state index contributed by atoms with van der Waals surface area (Å²) in [7, 11) is 1.31. The molecule has 0 fully saturated rings. The molecular formula is C12H13FN2O2. The molecule has 4 nitrogen and oxygen atoms in total. The standard InChI is InChI=1S/C12H13FN2O2/c1-8(5-12(16)17-2)15-11-4-3-10(13)6-9(11)7-14/h3-4,6,8,15H,5H2,1-2H3. The van der Waals surface area contributed by atoms with Crippen LogP contribution in [0.2, 0.25) is 0 Å². The Labute approximate surface area is 99.0 Å². The number of hydrogen-bond donors (Lipinski definition) is 1. The number of nitrogens with one attached hydrogen (secondary N) is 1. The average Bonchev–Trinajstić information content (AvgIpc) is 2.31. The van der Waals surface area contributed by atoms with Gasteiger partial charge in [0, 0.05) is 6.04 Å². The van der Waals surface area contributed by atoms with Gasteiger partial charge in [-0.3, -0.25) is 4.79 Å². The van der Waals surface area contributed by atoms with E-state index in [0.717, 1.165) is 6.07 Å². The van der Waals surface area contributed by atoms with E-state index in [-0.39, 0.29) is 24.0 Å². The highest BCUT2D eigenvalue weighted by molar-refractivity contribution is 5.71. The SMILES string of the molecule is COC(=O)CC(C)Nc1ccc(F)cc1C#N. The van der Waals surface area contributed by atoms with Crippen LogP contribution in [0.3, 0.4) is 0 Å². The molecule has 0 aliphatic heterocycles. The zero-order valence-corrected chi connectivity index (χ0v) is 9.66. The molecular weight excluding hydrogens is 223 g/mol. The maximum Gasteiger partial charge on any atom is 0.307 e. The summed E-state index contributed by atoms with van der Waals surface area (Å²) >= 11 is 0. The number of carbonyl (C=O) groups excluding carboxylic acids is 1. The van der Waals surface area contributed by atoms with Gasteiger partial charge in [-0.15, -0.1) is 0 Å². The van der Waals surface area contributed by atoms with Gasteiger partial charge in [-0.1, -0.05) is 0 Å². The zero-order chi connectivity index (χ0) is 12.8. The molecule has 1 aromatic rings. The molecule has 5 heteroatoms. The van der Waals surface area contributed by atoms with Crippen LogP contribution in [0, 0.1) is 17.1 Å². The summed E-state index contributed by atoms with van der Waals surface area (Å²) in [6, 6.07) is 5.57. The fourth-order valence-electron chi connectivity index (χ4n) is 1.38. The van der Waals surface area contributed by atoms with E-state index in [1.807, 2.05) is 6.07 Å². The number of rotatable bonds is 4. The molecule has 0 aliphatic carbocycles. The average molecular weight is 236 g/mol. The van der Waals surface area contributed by atoms with Gasteiger partial charge in [-0.2, -0.15) is 5.26 Å². The number of nitrogens with zero attached hydrogens (tertiary/aromatic N) is 1. The van der Waals surface area contributed by atoms with Crippen molar-refractivity contribution in [2.75, 3.05) is 12.4 Å². The summed E-state index contributed by atoms with van der Waals surface area (Å²) < 4.78 is 17.4. The van der Waals surface area contributed by atoms with Crippen LogP contribution in [0.1, 0.15) is 18.9 Å². The van der Waals surface area contributed by atoms with E-state index in [9.17, 15) is 9.18 Å². The normalized spacial score (nSPS) is 11.4. The number of carbonyl (C=O) groups is 1. The molecule has 0 saturated carbocycles. The van der Waals surface area contributed by atoms with Crippen molar-refractivity contribution in [2.24, 2.45) is 0 Å². The highest BCUT2D eigenvalue weighted by Crippen LogP contribution is 2.17. The lowest BCUT2D eigenvalue weighted by Crippen LogP contribution is -2.20. The lowest BCUT2D eigenvalue weighted by Gasteiger charge is -2.14. The molecule has 17 heavy (non-hydrogen) atoms. The Morgan fingerprint density at radius 1 is 1.65 bits per heavy atom. The third-order valence-corrected chi connectivity index (χ3v) is 2.20. The van der Waals surface area contributed by atoms with Crippen molar-refractivity contribution in [1.82, 2.24) is 0 Å². The minimum absolute atomic E-state index is 0.179. The first-order valence-electron chi connectivity index (χ1n) is 5.09. The second kappa shape index (κ2) is 5.85. The van der Waals surface area contributed by atoms with Crippen LogP contribution >= 0.6 is 0 Å². The highest BCUT2D eigenvalue weighted by Gasteiger charge is 2.11. The molecule has 0 bridgehead atoms. The molecule has 1 aromatic carbocycles. The van der Waals surface area contributed by atoms with E-state index in [4.69, 9.17) is 5.26 Å². The number of benzene rings is 1. The number of ether oxygens (including phenoxy) is 1. The van der Waals surface area contributed by atoms with E-state index < -0.39 is 5.82 Å². The van der Waals surface area contributed by atoms with Crippen LogP contribution in [-0.4, -0.2) is 19.1 Å². The Kier molecular flexibility index (Phi) is 4.46. The molecule has 0 amide bonds. The van der Waals surface area contributed by atoms with Crippen molar-refractivity contribution >= 4 is 11.7 Å². The monoisotopic (exact) mass is 236 g/mol. The molecule has 1 atom stereocenters. The Balaban J connectivity index is 2.75. The van der Waals surface area contributed by atoms with Gasteiger partial charge in [0.2, 0.25) is 0 Å². The van der Waals surface area contributed by atoms with Gasteiger partial charge in [-0.25, -0.2) is 4.39 Å². The number of nitriles is 1. The third-order valence-electron chi connectivity index (χ3n) is 2.20. The Hall–Kier alpha value is -2.09. The molecule has 0 saturated heterocycles. The first kappa shape index (κ1) is 13.0. The maximum atomic E-state index is 12.9. The van der Waals surface area contributed by atoms with Crippen LogP contribution in [0.4, 0.5) is 10.1 Å². The van der Waals surface area contributed by atoms with Gasteiger partial charge in [0.05, 0.1) is 24.8 Å². The Morgan fingerprint density at radius 3 is 2.94 bits per heavy atom. The lowest BCUT2D eigenvalue weighted by molar-refractivity contribution is -0.140. The second-order valence-corrected chi connectivity index (χ2v) is 3.63. The van der Waals surface area contributed by atoms with Crippen molar-refractivity contribution in [3.63, 3.8) is 0 Å². The minimum atomic E-state index is -0.465. The number of anilines is 1. The molecule has 0 aliphatic rings. The molecule has 1 rings (SSSR count). The second-order valence-electron chi connectivity index (χ2n) is 3.63. The summed E-state index contributed by atoms with van der Waals surface area (Å²) in [6.07, 6.45) is 0.179. The lowest BCUT2D eigenvalue weighted by atomic mass is 10.1. The van der Waals surface area contributed by atoms with E-state index in [2.05, 4.69) is 10.1 Å². The Morgan fingerprint density at radius 2 is 2.35 bits per heavy atom. The van der Waals surface area contributed by atoms with E-state index in [0.29, 0.717) is 5.69 Å². The van der Waals surface area contributed by atoms with Crippen molar-refractivity contribution in [3.8, 4) is 6.07 Å². The fraction of sp³-hybridized carbons (Fsp3) is 0.333. The van der Waals surface area contributed by atoms with Crippen LogP contribution in [0.25, 0.3) is 0 Å². The molecule has 90 valence electrons. The van der Waals surface area contributed by atoms with Crippen LogP contribution < -0.4 is 5.32 Å². The molecule has 0 radical (unpaired) electrons. The number of esters is 1. The van der Waals surface area contributed by atoms with Crippen molar-refractivity contribution < 1.29 is 13.9 Å². The summed E-state index contributed by atoms with van der Waals surface area (Å²) in [5.41, 5.74) is 0.715. The summed E-state index contributed by atoms with van der Waals surface area (Å²) in [4.78, 5) is 11.0. The summed E-state index contributed by atoms with van der Waals surface area (Å²) in [6.45, 7) is 1.78. The maximum absolute atomic E-state index is 12.9. The summed E-state index contributed by atoms with van der Waals surface area (Å²) in [5.74, 6) is -0.807.